The Hall–Kier alpha value is -2.24. The summed E-state index contributed by atoms with van der Waals surface area (Å²) in [5, 5.41) is 4.16. The summed E-state index contributed by atoms with van der Waals surface area (Å²) in [7, 11) is 0. The standard InChI is InChI=1S/C28H36Cl2N2O3/c1-3-26(28(34)31-21-9-5-4-6-10-21)32(19-23-24(29)11-7-12-25(23)30)27(33)13-8-18-35-22-16-14-20(2)15-17-22/h7,11-12,14-17,21,26H,3-6,8-10,13,18-19H2,1-2H3,(H,31,34)/t26-/m1/s1. The fraction of sp³-hybridized carbons (Fsp3) is 0.500. The van der Waals surface area contributed by atoms with Crippen LogP contribution in [-0.4, -0.2) is 35.4 Å². The number of hydrogen-bond donors (Lipinski definition) is 1. The Morgan fingerprint density at radius 3 is 2.34 bits per heavy atom. The largest absolute Gasteiger partial charge is 0.494 e. The van der Waals surface area contributed by atoms with E-state index in [0.29, 0.717) is 35.1 Å². The molecule has 190 valence electrons. The van der Waals surface area contributed by atoms with Gasteiger partial charge in [0, 0.05) is 34.6 Å². The predicted octanol–water partition coefficient (Wildman–Crippen LogP) is 6.72. The lowest BCUT2D eigenvalue weighted by atomic mass is 9.95. The van der Waals surface area contributed by atoms with Crippen molar-refractivity contribution in [3.63, 3.8) is 0 Å². The maximum Gasteiger partial charge on any atom is 0.243 e. The average Bonchev–Trinajstić information content (AvgIpc) is 2.85. The average molecular weight is 520 g/mol. The molecule has 0 saturated heterocycles. The topological polar surface area (TPSA) is 58.6 Å². The summed E-state index contributed by atoms with van der Waals surface area (Å²) in [6, 6.07) is 12.7. The number of nitrogens with one attached hydrogen (secondary N) is 1. The van der Waals surface area contributed by atoms with Crippen LogP contribution >= 0.6 is 23.2 Å². The Balaban J connectivity index is 1.69. The van der Waals surface area contributed by atoms with Crippen LogP contribution in [0.25, 0.3) is 0 Å². The van der Waals surface area contributed by atoms with Crippen LogP contribution in [0.5, 0.6) is 5.75 Å². The van der Waals surface area contributed by atoms with E-state index in [4.69, 9.17) is 27.9 Å². The van der Waals surface area contributed by atoms with Crippen molar-refractivity contribution in [2.45, 2.75) is 83.8 Å². The Labute approximate surface area is 219 Å². The van der Waals surface area contributed by atoms with Crippen LogP contribution in [0.2, 0.25) is 10.0 Å². The highest BCUT2D eigenvalue weighted by Crippen LogP contribution is 2.28. The summed E-state index contributed by atoms with van der Waals surface area (Å²) in [5.74, 6) is 0.562. The third-order valence-corrected chi connectivity index (χ3v) is 7.26. The fourth-order valence-electron chi connectivity index (χ4n) is 4.51. The number of aryl methyl sites for hydroxylation is 1. The van der Waals surface area contributed by atoms with Crippen LogP contribution in [0.3, 0.4) is 0 Å². The van der Waals surface area contributed by atoms with Gasteiger partial charge in [-0.2, -0.15) is 0 Å². The van der Waals surface area contributed by atoms with E-state index in [2.05, 4.69) is 5.32 Å². The van der Waals surface area contributed by atoms with Crippen LogP contribution in [0.4, 0.5) is 0 Å². The van der Waals surface area contributed by atoms with Crippen LogP contribution in [0.1, 0.15) is 69.4 Å². The molecule has 0 aromatic heterocycles. The molecule has 1 saturated carbocycles. The maximum absolute atomic E-state index is 13.4. The summed E-state index contributed by atoms with van der Waals surface area (Å²) in [5.41, 5.74) is 1.82. The van der Waals surface area contributed by atoms with E-state index in [-0.39, 0.29) is 30.8 Å². The molecule has 1 fully saturated rings. The third kappa shape index (κ3) is 8.15. The van der Waals surface area contributed by atoms with Gasteiger partial charge in [0.05, 0.1) is 6.61 Å². The van der Waals surface area contributed by atoms with Crippen molar-refractivity contribution >= 4 is 35.0 Å². The molecule has 2 aromatic carbocycles. The fourth-order valence-corrected chi connectivity index (χ4v) is 5.03. The van der Waals surface area contributed by atoms with E-state index in [1.165, 1.54) is 12.0 Å². The normalized spacial score (nSPS) is 14.9. The highest BCUT2D eigenvalue weighted by Gasteiger charge is 2.31. The van der Waals surface area contributed by atoms with Crippen molar-refractivity contribution in [1.29, 1.82) is 0 Å². The van der Waals surface area contributed by atoms with Crippen LogP contribution in [0, 0.1) is 6.92 Å². The van der Waals surface area contributed by atoms with Crippen molar-refractivity contribution in [2.24, 2.45) is 0 Å². The molecule has 2 amide bonds. The van der Waals surface area contributed by atoms with Gasteiger partial charge < -0.3 is 15.0 Å². The highest BCUT2D eigenvalue weighted by atomic mass is 35.5. The molecular formula is C28H36Cl2N2O3. The van der Waals surface area contributed by atoms with E-state index in [9.17, 15) is 9.59 Å². The lowest BCUT2D eigenvalue weighted by molar-refractivity contribution is -0.142. The number of rotatable bonds is 11. The molecule has 1 aliphatic carbocycles. The number of nitrogens with zero attached hydrogens (tertiary/aromatic N) is 1. The summed E-state index contributed by atoms with van der Waals surface area (Å²) in [6.07, 6.45) is 6.75. The number of benzene rings is 2. The lowest BCUT2D eigenvalue weighted by Crippen LogP contribution is -2.51. The molecular weight excluding hydrogens is 483 g/mol. The monoisotopic (exact) mass is 518 g/mol. The minimum Gasteiger partial charge on any atom is -0.494 e. The molecule has 1 aliphatic rings. The molecule has 2 aromatic rings. The zero-order valence-corrected chi connectivity index (χ0v) is 22.2. The van der Waals surface area contributed by atoms with Crippen molar-refractivity contribution < 1.29 is 14.3 Å². The predicted molar refractivity (Wildman–Crippen MR) is 142 cm³/mol. The van der Waals surface area contributed by atoms with Gasteiger partial charge in [-0.15, -0.1) is 0 Å². The van der Waals surface area contributed by atoms with Gasteiger partial charge in [-0.25, -0.2) is 0 Å². The number of ether oxygens (including phenoxy) is 1. The van der Waals surface area contributed by atoms with Crippen molar-refractivity contribution in [2.75, 3.05) is 6.61 Å². The number of halogens is 2. The van der Waals surface area contributed by atoms with Gasteiger partial charge in [0.2, 0.25) is 11.8 Å². The van der Waals surface area contributed by atoms with Crippen molar-refractivity contribution in [3.8, 4) is 5.75 Å². The molecule has 1 N–H and O–H groups in total. The molecule has 0 radical (unpaired) electrons. The van der Waals surface area contributed by atoms with Crippen molar-refractivity contribution in [3.05, 3.63) is 63.6 Å². The number of amides is 2. The molecule has 35 heavy (non-hydrogen) atoms. The molecule has 5 nitrogen and oxygen atoms in total. The van der Waals surface area contributed by atoms with Crippen LogP contribution in [-0.2, 0) is 16.1 Å². The van der Waals surface area contributed by atoms with Gasteiger partial charge in [-0.3, -0.25) is 9.59 Å². The van der Waals surface area contributed by atoms with Gasteiger partial charge in [0.25, 0.3) is 0 Å². The van der Waals surface area contributed by atoms with Gasteiger partial charge in [0.1, 0.15) is 11.8 Å². The second-order valence-electron chi connectivity index (χ2n) is 9.25. The molecule has 0 heterocycles. The zero-order valence-electron chi connectivity index (χ0n) is 20.7. The van der Waals surface area contributed by atoms with Gasteiger partial charge in [-0.1, -0.05) is 73.2 Å². The van der Waals surface area contributed by atoms with E-state index in [1.54, 1.807) is 23.1 Å². The lowest BCUT2D eigenvalue weighted by Gasteiger charge is -2.33. The number of carbonyl (C=O) groups is 2. The van der Waals surface area contributed by atoms with Crippen LogP contribution in [0.15, 0.2) is 42.5 Å². The minimum atomic E-state index is -0.588. The van der Waals surface area contributed by atoms with Gasteiger partial charge in [0.15, 0.2) is 0 Å². The summed E-state index contributed by atoms with van der Waals surface area (Å²) < 4.78 is 5.79. The smallest absolute Gasteiger partial charge is 0.243 e. The second kappa shape index (κ2) is 13.7. The van der Waals surface area contributed by atoms with E-state index >= 15 is 0 Å². The number of carbonyl (C=O) groups excluding carboxylic acids is 2. The van der Waals surface area contributed by atoms with E-state index < -0.39 is 6.04 Å². The minimum absolute atomic E-state index is 0.105. The van der Waals surface area contributed by atoms with Gasteiger partial charge in [-0.05, 0) is 56.9 Å². The Morgan fingerprint density at radius 1 is 1.06 bits per heavy atom. The van der Waals surface area contributed by atoms with Gasteiger partial charge >= 0.3 is 0 Å². The summed E-state index contributed by atoms with van der Waals surface area (Å²) >= 11 is 12.8. The SMILES string of the molecule is CC[C@H](C(=O)NC1CCCCC1)N(Cc1c(Cl)cccc1Cl)C(=O)CCCOc1ccc(C)cc1. The number of hydrogen-bond acceptors (Lipinski definition) is 3. The molecule has 0 aliphatic heterocycles. The Morgan fingerprint density at radius 2 is 1.71 bits per heavy atom. The van der Waals surface area contributed by atoms with Crippen molar-refractivity contribution in [1.82, 2.24) is 10.2 Å². The van der Waals surface area contributed by atoms with E-state index in [0.717, 1.165) is 31.4 Å². The molecule has 3 rings (SSSR count). The zero-order chi connectivity index (χ0) is 25.2. The first-order chi connectivity index (χ1) is 16.9. The molecule has 1 atom stereocenters. The molecule has 0 unspecified atom stereocenters. The Kier molecular flexibility index (Phi) is 10.7. The molecule has 0 spiro atoms. The molecule has 0 bridgehead atoms. The first kappa shape index (κ1) is 27.3. The maximum atomic E-state index is 13.4. The summed E-state index contributed by atoms with van der Waals surface area (Å²) in [6.45, 7) is 4.56. The quantitative estimate of drug-likeness (QED) is 0.336. The third-order valence-electron chi connectivity index (χ3n) is 6.55. The summed E-state index contributed by atoms with van der Waals surface area (Å²) in [4.78, 5) is 28.4. The first-order valence-corrected chi connectivity index (χ1v) is 13.4. The van der Waals surface area contributed by atoms with Crippen LogP contribution < -0.4 is 10.1 Å². The molecule has 7 heteroatoms. The second-order valence-corrected chi connectivity index (χ2v) is 10.1. The Bertz CT molecular complexity index is 954. The highest BCUT2D eigenvalue weighted by molar-refractivity contribution is 6.36. The van der Waals surface area contributed by atoms with E-state index in [1.807, 2.05) is 38.1 Å². The first-order valence-electron chi connectivity index (χ1n) is 12.6.